The van der Waals surface area contributed by atoms with E-state index in [1.807, 2.05) is 32.9 Å². The number of fused-ring (bicyclic) bond motifs is 1. The lowest BCUT2D eigenvalue weighted by molar-refractivity contribution is -0.121. The molecule has 0 radical (unpaired) electrons. The van der Waals surface area contributed by atoms with Crippen LogP contribution in [0.5, 0.6) is 5.75 Å². The number of hydrogen-bond donors (Lipinski definition) is 1. The van der Waals surface area contributed by atoms with E-state index in [9.17, 15) is 9.59 Å². The Morgan fingerprint density at radius 2 is 2.19 bits per heavy atom. The van der Waals surface area contributed by atoms with Crippen molar-refractivity contribution in [2.75, 3.05) is 23.4 Å². The van der Waals surface area contributed by atoms with Crippen molar-refractivity contribution in [1.29, 1.82) is 0 Å². The Bertz CT molecular complexity index is 540. The average Bonchev–Trinajstić information content (AvgIpc) is 2.41. The van der Waals surface area contributed by atoms with E-state index in [1.165, 1.54) is 0 Å². The molecule has 1 aromatic rings. The number of carbonyl (C=O) groups excluding carboxylic acids is 2. The van der Waals surface area contributed by atoms with E-state index in [0.717, 1.165) is 12.1 Å². The number of anilines is 2. The number of nitrogens with zero attached hydrogens (tertiary/aromatic N) is 1. The second-order valence-corrected chi connectivity index (χ2v) is 5.66. The van der Waals surface area contributed by atoms with Gasteiger partial charge in [0.25, 0.3) is 5.91 Å². The van der Waals surface area contributed by atoms with Crippen LogP contribution in [0, 0.1) is 5.92 Å². The minimum Gasteiger partial charge on any atom is -0.481 e. The zero-order valence-corrected chi connectivity index (χ0v) is 12.8. The van der Waals surface area contributed by atoms with E-state index >= 15 is 0 Å². The van der Waals surface area contributed by atoms with E-state index < -0.39 is 0 Å². The summed E-state index contributed by atoms with van der Waals surface area (Å²) in [6.45, 7) is 6.77. The Kier molecular flexibility index (Phi) is 4.83. The highest BCUT2D eigenvalue weighted by Gasteiger charge is 2.25. The van der Waals surface area contributed by atoms with Crippen molar-refractivity contribution < 1.29 is 14.3 Å². The third-order valence-electron chi connectivity index (χ3n) is 3.23. The first-order valence-electron chi connectivity index (χ1n) is 7.38. The van der Waals surface area contributed by atoms with Gasteiger partial charge in [-0.15, -0.1) is 0 Å². The summed E-state index contributed by atoms with van der Waals surface area (Å²) in [6.07, 6.45) is 1.37. The van der Waals surface area contributed by atoms with Crippen molar-refractivity contribution in [3.63, 3.8) is 0 Å². The van der Waals surface area contributed by atoms with Crippen LogP contribution in [0.4, 0.5) is 11.4 Å². The molecular weight excluding hydrogens is 268 g/mol. The minimum absolute atomic E-state index is 0.0118. The summed E-state index contributed by atoms with van der Waals surface area (Å²) in [6, 6.07) is 5.41. The van der Waals surface area contributed by atoms with Crippen molar-refractivity contribution in [3.05, 3.63) is 18.2 Å². The second kappa shape index (κ2) is 6.61. The van der Waals surface area contributed by atoms with Gasteiger partial charge in [0.2, 0.25) is 5.91 Å². The van der Waals surface area contributed by atoms with Gasteiger partial charge in [0.1, 0.15) is 5.75 Å². The van der Waals surface area contributed by atoms with Gasteiger partial charge < -0.3 is 15.0 Å². The fourth-order valence-corrected chi connectivity index (χ4v) is 2.33. The number of rotatable bonds is 5. The van der Waals surface area contributed by atoms with Gasteiger partial charge >= 0.3 is 0 Å². The van der Waals surface area contributed by atoms with Crippen LogP contribution < -0.4 is 15.0 Å². The maximum absolute atomic E-state index is 11.9. The van der Waals surface area contributed by atoms with Gasteiger partial charge in [-0.05, 0) is 24.5 Å². The molecule has 1 aromatic carbocycles. The highest BCUT2D eigenvalue weighted by molar-refractivity contribution is 5.99. The monoisotopic (exact) mass is 290 g/mol. The molecule has 1 aliphatic heterocycles. The van der Waals surface area contributed by atoms with Gasteiger partial charge in [0.05, 0.1) is 5.69 Å². The summed E-state index contributed by atoms with van der Waals surface area (Å²) >= 11 is 0. The Balaban J connectivity index is 2.16. The summed E-state index contributed by atoms with van der Waals surface area (Å²) in [4.78, 5) is 25.4. The Hall–Kier alpha value is -2.04. The molecule has 5 heteroatoms. The molecule has 0 unspecified atom stereocenters. The lowest BCUT2D eigenvalue weighted by Gasteiger charge is -2.29. The molecule has 0 saturated carbocycles. The van der Waals surface area contributed by atoms with Gasteiger partial charge in [-0.3, -0.25) is 9.59 Å². The van der Waals surface area contributed by atoms with Crippen LogP contribution >= 0.6 is 0 Å². The maximum atomic E-state index is 11.9. The first-order valence-corrected chi connectivity index (χ1v) is 7.38. The highest BCUT2D eigenvalue weighted by Crippen LogP contribution is 2.34. The van der Waals surface area contributed by atoms with Crippen LogP contribution in [-0.2, 0) is 9.59 Å². The predicted molar refractivity (Wildman–Crippen MR) is 82.7 cm³/mol. The predicted octanol–water partition coefficient (Wildman–Crippen LogP) is 2.81. The molecule has 21 heavy (non-hydrogen) atoms. The van der Waals surface area contributed by atoms with Crippen molar-refractivity contribution in [2.24, 2.45) is 5.92 Å². The van der Waals surface area contributed by atoms with Crippen LogP contribution in [-0.4, -0.2) is 25.0 Å². The van der Waals surface area contributed by atoms with E-state index in [1.54, 1.807) is 11.0 Å². The first-order chi connectivity index (χ1) is 10.0. The number of nitrogens with one attached hydrogen (secondary N) is 1. The largest absolute Gasteiger partial charge is 0.481 e. The Labute approximate surface area is 125 Å². The van der Waals surface area contributed by atoms with Crippen LogP contribution in [0.2, 0.25) is 0 Å². The van der Waals surface area contributed by atoms with Gasteiger partial charge in [-0.25, -0.2) is 0 Å². The zero-order chi connectivity index (χ0) is 15.4. The van der Waals surface area contributed by atoms with Gasteiger partial charge in [0, 0.05) is 24.7 Å². The number of carbonyl (C=O) groups is 2. The Morgan fingerprint density at radius 1 is 1.43 bits per heavy atom. The number of benzene rings is 1. The number of amides is 2. The molecule has 0 spiro atoms. The molecule has 1 aliphatic rings. The first kappa shape index (κ1) is 15.4. The SMILES string of the molecule is CCCN1C(=O)COc2cc(NC(=O)CC(C)C)ccc21. The van der Waals surface area contributed by atoms with Crippen LogP contribution in [0.1, 0.15) is 33.6 Å². The molecule has 0 bridgehead atoms. The number of hydrogen-bond acceptors (Lipinski definition) is 3. The average molecular weight is 290 g/mol. The van der Waals surface area contributed by atoms with Crippen molar-refractivity contribution >= 4 is 23.2 Å². The summed E-state index contributed by atoms with van der Waals surface area (Å²) in [5, 5.41) is 2.86. The minimum atomic E-state index is -0.0269. The van der Waals surface area contributed by atoms with Gasteiger partial charge in [-0.1, -0.05) is 20.8 Å². The molecule has 0 saturated heterocycles. The second-order valence-electron chi connectivity index (χ2n) is 5.66. The van der Waals surface area contributed by atoms with E-state index in [0.29, 0.717) is 30.3 Å². The quantitative estimate of drug-likeness (QED) is 0.907. The topological polar surface area (TPSA) is 58.6 Å². The summed E-state index contributed by atoms with van der Waals surface area (Å²) in [5.74, 6) is 0.921. The zero-order valence-electron chi connectivity index (χ0n) is 12.8. The molecular formula is C16H22N2O3. The lowest BCUT2D eigenvalue weighted by atomic mass is 10.1. The molecule has 1 heterocycles. The van der Waals surface area contributed by atoms with Crippen molar-refractivity contribution in [2.45, 2.75) is 33.6 Å². The summed E-state index contributed by atoms with van der Waals surface area (Å²) in [5.41, 5.74) is 1.47. The lowest BCUT2D eigenvalue weighted by Crippen LogP contribution is -2.39. The smallest absolute Gasteiger partial charge is 0.265 e. The van der Waals surface area contributed by atoms with Crippen molar-refractivity contribution in [3.8, 4) is 5.75 Å². The normalized spacial score (nSPS) is 13.9. The van der Waals surface area contributed by atoms with E-state index in [4.69, 9.17) is 4.74 Å². The molecule has 5 nitrogen and oxygen atoms in total. The fraction of sp³-hybridized carbons (Fsp3) is 0.500. The standard InChI is InChI=1S/C16H22N2O3/c1-4-7-18-13-6-5-12(17-15(19)8-11(2)3)9-14(13)21-10-16(18)20/h5-6,9,11H,4,7-8,10H2,1-3H3,(H,17,19). The van der Waals surface area contributed by atoms with Crippen LogP contribution in [0.3, 0.4) is 0 Å². The summed E-state index contributed by atoms with van der Waals surface area (Å²) in [7, 11) is 0. The molecule has 0 aromatic heterocycles. The van der Waals surface area contributed by atoms with Crippen LogP contribution in [0.15, 0.2) is 18.2 Å². The molecule has 2 amide bonds. The highest BCUT2D eigenvalue weighted by atomic mass is 16.5. The Morgan fingerprint density at radius 3 is 2.86 bits per heavy atom. The molecule has 114 valence electrons. The number of ether oxygens (including phenoxy) is 1. The molecule has 0 atom stereocenters. The molecule has 0 aliphatic carbocycles. The van der Waals surface area contributed by atoms with E-state index in [2.05, 4.69) is 5.32 Å². The molecule has 1 N–H and O–H groups in total. The third kappa shape index (κ3) is 3.74. The molecule has 2 rings (SSSR count). The third-order valence-corrected chi connectivity index (χ3v) is 3.23. The van der Waals surface area contributed by atoms with Crippen LogP contribution in [0.25, 0.3) is 0 Å². The maximum Gasteiger partial charge on any atom is 0.265 e. The van der Waals surface area contributed by atoms with E-state index in [-0.39, 0.29) is 18.4 Å². The summed E-state index contributed by atoms with van der Waals surface area (Å²) < 4.78 is 5.47. The van der Waals surface area contributed by atoms with Crippen molar-refractivity contribution in [1.82, 2.24) is 0 Å². The van der Waals surface area contributed by atoms with Gasteiger partial charge in [-0.2, -0.15) is 0 Å². The van der Waals surface area contributed by atoms with Gasteiger partial charge in [0.15, 0.2) is 6.61 Å². The molecule has 0 fully saturated rings. The fourth-order valence-electron chi connectivity index (χ4n) is 2.33.